The predicted octanol–water partition coefficient (Wildman–Crippen LogP) is 2.76. The number of carbonyl (C=O) groups is 1. The zero-order chi connectivity index (χ0) is 22.2. The van der Waals surface area contributed by atoms with E-state index in [4.69, 9.17) is 33.2 Å². The van der Waals surface area contributed by atoms with Gasteiger partial charge in [-0.15, -0.1) is 6.42 Å². The lowest BCUT2D eigenvalue weighted by Crippen LogP contribution is -2.43. The molecule has 1 saturated carbocycles. The summed E-state index contributed by atoms with van der Waals surface area (Å²) in [4.78, 5) is 24.6. The number of aliphatic imine (C=N–C) groups is 1. The van der Waals surface area contributed by atoms with Crippen LogP contribution in [0.1, 0.15) is 28.0 Å². The van der Waals surface area contributed by atoms with Gasteiger partial charge in [-0.25, -0.2) is 23.7 Å². The molecule has 2 aliphatic rings. The molecule has 0 saturated heterocycles. The Kier molecular flexibility index (Phi) is 5.50. The standard InChI is InChI=1S/C21H17ClF2N4O3/c1-2-5-30-18-10-26-15(9-27-18)16(29)7-11-3-4-14(22)12(6-11)21(19(23)24)13-8-17(13)31-20(25)28-21/h1,3-4,6,9-10,13,17,19H,5,7-8H2,(H2,25,28)/t13-,17+,21+/m1/s1. The fourth-order valence-electron chi connectivity index (χ4n) is 3.72. The summed E-state index contributed by atoms with van der Waals surface area (Å²) in [5.41, 5.74) is 4.45. The van der Waals surface area contributed by atoms with Gasteiger partial charge in [0.1, 0.15) is 11.8 Å². The van der Waals surface area contributed by atoms with Crippen molar-refractivity contribution >= 4 is 23.4 Å². The first-order valence-electron chi connectivity index (χ1n) is 9.35. The highest BCUT2D eigenvalue weighted by atomic mass is 35.5. The van der Waals surface area contributed by atoms with Crippen LogP contribution in [0.2, 0.25) is 5.02 Å². The second kappa shape index (κ2) is 8.12. The van der Waals surface area contributed by atoms with Crippen LogP contribution in [0.5, 0.6) is 5.88 Å². The highest BCUT2D eigenvalue weighted by Crippen LogP contribution is 2.56. The maximum Gasteiger partial charge on any atom is 0.283 e. The van der Waals surface area contributed by atoms with Crippen molar-refractivity contribution in [2.75, 3.05) is 6.61 Å². The molecule has 31 heavy (non-hydrogen) atoms. The molecule has 160 valence electrons. The second-order valence-electron chi connectivity index (χ2n) is 7.22. The van der Waals surface area contributed by atoms with Crippen molar-refractivity contribution in [1.82, 2.24) is 9.97 Å². The minimum atomic E-state index is -2.85. The molecule has 0 radical (unpaired) electrons. The molecule has 0 unspecified atom stereocenters. The molecule has 10 heteroatoms. The molecule has 0 amide bonds. The molecule has 1 aromatic heterocycles. The molecule has 2 heterocycles. The van der Waals surface area contributed by atoms with Gasteiger partial charge in [0.2, 0.25) is 5.88 Å². The lowest BCUT2D eigenvalue weighted by Gasteiger charge is -2.33. The normalized spacial score (nSPS) is 23.9. The van der Waals surface area contributed by atoms with Crippen LogP contribution in [0.25, 0.3) is 0 Å². The number of rotatable bonds is 7. The van der Waals surface area contributed by atoms with Crippen LogP contribution in [-0.4, -0.2) is 40.9 Å². The summed E-state index contributed by atoms with van der Waals surface area (Å²) >= 11 is 6.29. The van der Waals surface area contributed by atoms with Crippen molar-refractivity contribution in [2.24, 2.45) is 16.6 Å². The van der Waals surface area contributed by atoms with Gasteiger partial charge in [0.05, 0.1) is 12.4 Å². The van der Waals surface area contributed by atoms with Gasteiger partial charge in [0, 0.05) is 22.9 Å². The van der Waals surface area contributed by atoms with Gasteiger partial charge in [0.15, 0.2) is 17.9 Å². The number of hydrogen-bond donors (Lipinski definition) is 1. The Bertz CT molecular complexity index is 1090. The SMILES string of the molecule is C#CCOc1cnc(C(=O)Cc2ccc(Cl)c([C@]3(C(F)F)N=C(N)O[C@H]4C[C@H]43)c2)cn1. The number of carbonyl (C=O) groups excluding carboxylic acids is 1. The maximum atomic E-state index is 14.3. The molecule has 1 aliphatic carbocycles. The summed E-state index contributed by atoms with van der Waals surface area (Å²) in [6.45, 7) is 0.0291. The van der Waals surface area contributed by atoms with Gasteiger partial charge >= 0.3 is 0 Å². The van der Waals surface area contributed by atoms with Gasteiger partial charge in [-0.2, -0.15) is 0 Å². The highest BCUT2D eigenvalue weighted by Gasteiger charge is 2.64. The van der Waals surface area contributed by atoms with E-state index in [1.165, 1.54) is 24.5 Å². The van der Waals surface area contributed by atoms with E-state index >= 15 is 0 Å². The Balaban J connectivity index is 1.60. The van der Waals surface area contributed by atoms with Crippen molar-refractivity contribution in [3.05, 3.63) is 52.4 Å². The van der Waals surface area contributed by atoms with Gasteiger partial charge in [-0.05, 0) is 18.1 Å². The molecule has 0 spiro atoms. The smallest absolute Gasteiger partial charge is 0.283 e. The molecule has 1 aromatic carbocycles. The average Bonchev–Trinajstić information content (AvgIpc) is 3.53. The van der Waals surface area contributed by atoms with E-state index in [1.54, 1.807) is 6.07 Å². The molecule has 0 bridgehead atoms. The minimum Gasteiger partial charge on any atom is -0.463 e. The van der Waals surface area contributed by atoms with Crippen LogP contribution < -0.4 is 10.5 Å². The third-order valence-electron chi connectivity index (χ3n) is 5.24. The molecule has 1 fully saturated rings. The number of aromatic nitrogens is 2. The maximum absolute atomic E-state index is 14.3. The first kappa shape index (κ1) is 21.0. The summed E-state index contributed by atoms with van der Waals surface area (Å²) in [5, 5.41) is 0.121. The molecule has 1 aliphatic heterocycles. The van der Waals surface area contributed by atoms with E-state index < -0.39 is 24.0 Å². The molecule has 7 nitrogen and oxygen atoms in total. The number of halogens is 3. The zero-order valence-corrected chi connectivity index (χ0v) is 16.9. The Morgan fingerprint density at radius 2 is 2.23 bits per heavy atom. The Morgan fingerprint density at radius 3 is 2.90 bits per heavy atom. The predicted molar refractivity (Wildman–Crippen MR) is 108 cm³/mol. The number of alkyl halides is 2. The zero-order valence-electron chi connectivity index (χ0n) is 16.1. The largest absolute Gasteiger partial charge is 0.463 e. The van der Waals surface area contributed by atoms with Crippen molar-refractivity contribution in [3.8, 4) is 18.2 Å². The van der Waals surface area contributed by atoms with Gasteiger partial charge < -0.3 is 15.2 Å². The number of hydrogen-bond acceptors (Lipinski definition) is 7. The third kappa shape index (κ3) is 3.91. The van der Waals surface area contributed by atoms with E-state index in [1.807, 2.05) is 0 Å². The number of nitrogens with two attached hydrogens (primary N) is 1. The van der Waals surface area contributed by atoms with Crippen molar-refractivity contribution < 1.29 is 23.0 Å². The average molecular weight is 447 g/mol. The van der Waals surface area contributed by atoms with Gasteiger partial charge in [-0.3, -0.25) is 4.79 Å². The molecule has 4 rings (SSSR count). The first-order chi connectivity index (χ1) is 14.8. The summed E-state index contributed by atoms with van der Waals surface area (Å²) in [6, 6.07) is 4.25. The summed E-state index contributed by atoms with van der Waals surface area (Å²) in [5.74, 6) is 1.60. The van der Waals surface area contributed by atoms with Crippen molar-refractivity contribution in [3.63, 3.8) is 0 Å². The van der Waals surface area contributed by atoms with Crippen molar-refractivity contribution in [1.29, 1.82) is 0 Å². The molecule has 2 N–H and O–H groups in total. The monoisotopic (exact) mass is 446 g/mol. The Morgan fingerprint density at radius 1 is 1.42 bits per heavy atom. The van der Waals surface area contributed by atoms with E-state index in [0.717, 1.165) is 0 Å². The number of amidine groups is 1. The topological polar surface area (TPSA) is 99.7 Å². The van der Waals surface area contributed by atoms with Crippen molar-refractivity contribution in [2.45, 2.75) is 30.9 Å². The van der Waals surface area contributed by atoms with E-state index in [0.29, 0.717) is 12.0 Å². The van der Waals surface area contributed by atoms with Crippen LogP contribution in [0, 0.1) is 18.3 Å². The first-order valence-corrected chi connectivity index (χ1v) is 9.73. The van der Waals surface area contributed by atoms with E-state index in [-0.39, 0.29) is 47.0 Å². The molecule has 3 atom stereocenters. The molecular weight excluding hydrogens is 430 g/mol. The fraction of sp³-hybridized carbons (Fsp3) is 0.333. The lowest BCUT2D eigenvalue weighted by atomic mass is 9.83. The lowest BCUT2D eigenvalue weighted by molar-refractivity contribution is 0.0196. The number of nitrogens with zero attached hydrogens (tertiary/aromatic N) is 3. The van der Waals surface area contributed by atoms with E-state index in [2.05, 4.69) is 20.9 Å². The summed E-state index contributed by atoms with van der Waals surface area (Å²) < 4.78 is 39.0. The third-order valence-corrected chi connectivity index (χ3v) is 5.57. The van der Waals surface area contributed by atoms with Gasteiger partial charge in [-0.1, -0.05) is 29.7 Å². The Labute approximate surface area is 181 Å². The van der Waals surface area contributed by atoms with Crippen LogP contribution in [0.4, 0.5) is 8.78 Å². The molecular formula is C21H17ClF2N4O3. The number of Topliss-reactive ketones (excluding diaryl/α,β-unsaturated/α-hetero) is 1. The van der Waals surface area contributed by atoms with Crippen LogP contribution in [0.15, 0.2) is 35.6 Å². The second-order valence-corrected chi connectivity index (χ2v) is 7.63. The minimum absolute atomic E-state index is 0.0291. The Hall–Kier alpha value is -3.25. The fourth-order valence-corrected chi connectivity index (χ4v) is 3.98. The number of terminal acetylenes is 1. The number of ketones is 1. The highest BCUT2D eigenvalue weighted by molar-refractivity contribution is 6.31. The quantitative estimate of drug-likeness (QED) is 0.518. The summed E-state index contributed by atoms with van der Waals surface area (Å²) in [6.07, 6.45) is 4.70. The molecule has 2 aromatic rings. The number of ether oxygens (including phenoxy) is 2. The van der Waals surface area contributed by atoms with Crippen LogP contribution in [0.3, 0.4) is 0 Å². The number of benzene rings is 1. The van der Waals surface area contributed by atoms with E-state index in [9.17, 15) is 13.6 Å². The number of fused-ring (bicyclic) bond motifs is 1. The van der Waals surface area contributed by atoms with Gasteiger partial charge in [0.25, 0.3) is 12.4 Å². The summed E-state index contributed by atoms with van der Waals surface area (Å²) in [7, 11) is 0. The van der Waals surface area contributed by atoms with Crippen LogP contribution in [-0.2, 0) is 16.7 Å². The van der Waals surface area contributed by atoms with Crippen LogP contribution >= 0.6 is 11.6 Å².